The van der Waals surface area contributed by atoms with E-state index in [1.807, 2.05) is 12.3 Å². The predicted molar refractivity (Wildman–Crippen MR) is 118 cm³/mol. The number of aromatic amines is 1. The molecule has 1 N–H and O–H groups in total. The van der Waals surface area contributed by atoms with Gasteiger partial charge in [0.05, 0.1) is 12.2 Å². The van der Waals surface area contributed by atoms with Crippen molar-refractivity contribution in [3.05, 3.63) is 22.5 Å². The van der Waals surface area contributed by atoms with Gasteiger partial charge >= 0.3 is 0 Å². The lowest BCUT2D eigenvalue weighted by atomic mass is 10.0. The molecule has 0 saturated carbocycles. The fraction of sp³-hybridized carbons (Fsp3) is 0.739. The summed E-state index contributed by atoms with van der Waals surface area (Å²) in [6, 6.07) is 3.49. The van der Waals surface area contributed by atoms with Crippen LogP contribution < -0.4 is 10.5 Å². The van der Waals surface area contributed by atoms with Crippen molar-refractivity contribution in [1.29, 1.82) is 0 Å². The van der Waals surface area contributed by atoms with Gasteiger partial charge in [0.2, 0.25) is 5.56 Å². The van der Waals surface area contributed by atoms with Crippen LogP contribution in [0.25, 0.3) is 0 Å². The molecule has 1 aromatic heterocycles. The van der Waals surface area contributed by atoms with Crippen LogP contribution in [0.15, 0.2) is 21.9 Å². The number of H-pyrrole nitrogens is 1. The molecule has 1 aromatic rings. The van der Waals surface area contributed by atoms with E-state index >= 15 is 0 Å². The highest BCUT2D eigenvalue weighted by Crippen LogP contribution is 2.27. The zero-order valence-corrected chi connectivity index (χ0v) is 17.3. The van der Waals surface area contributed by atoms with Gasteiger partial charge in [0.1, 0.15) is 0 Å². The summed E-state index contributed by atoms with van der Waals surface area (Å²) < 4.78 is 0. The Kier molecular flexibility index (Phi) is 10.9. The summed E-state index contributed by atoms with van der Waals surface area (Å²) in [6.07, 6.45) is 21.3. The monoisotopic (exact) mass is 373 g/mol. The van der Waals surface area contributed by atoms with E-state index in [9.17, 15) is 4.79 Å². The maximum atomic E-state index is 11.4. The van der Waals surface area contributed by atoms with Crippen LogP contribution in [0.1, 0.15) is 96.8 Å². The van der Waals surface area contributed by atoms with Crippen LogP contribution in [0.5, 0.6) is 0 Å². The number of aliphatic imine (C=N–C) groups is 1. The minimum absolute atomic E-state index is 0.0794. The Labute approximate surface area is 165 Å². The number of hydrogen-bond acceptors (Lipinski definition) is 3. The first-order valence-corrected chi connectivity index (χ1v) is 11.3. The number of pyridine rings is 1. The highest BCUT2D eigenvalue weighted by atomic mass is 16.1. The summed E-state index contributed by atoms with van der Waals surface area (Å²) in [5, 5.41) is 0. The lowest BCUT2D eigenvalue weighted by molar-refractivity contribution is 0.535. The van der Waals surface area contributed by atoms with E-state index in [0.29, 0.717) is 5.82 Å². The van der Waals surface area contributed by atoms with E-state index in [-0.39, 0.29) is 5.56 Å². The first-order valence-electron chi connectivity index (χ1n) is 11.3. The van der Waals surface area contributed by atoms with Gasteiger partial charge in [-0.15, -0.1) is 0 Å². The third-order valence-corrected chi connectivity index (χ3v) is 5.52. The summed E-state index contributed by atoms with van der Waals surface area (Å²) in [4.78, 5) is 20.8. The average molecular weight is 374 g/mol. The van der Waals surface area contributed by atoms with Gasteiger partial charge < -0.3 is 9.88 Å². The molecule has 0 aromatic carbocycles. The van der Waals surface area contributed by atoms with E-state index in [1.54, 1.807) is 6.07 Å². The van der Waals surface area contributed by atoms with E-state index in [0.717, 1.165) is 18.8 Å². The summed E-state index contributed by atoms with van der Waals surface area (Å²) in [5.41, 5.74) is 0.982. The number of fused-ring (bicyclic) bond motifs is 1. The highest BCUT2D eigenvalue weighted by molar-refractivity contribution is 5.79. The maximum absolute atomic E-state index is 11.4. The maximum Gasteiger partial charge on any atom is 0.249 e. The Balaban J connectivity index is 1.42. The Morgan fingerprint density at radius 2 is 1.41 bits per heavy atom. The number of unbranched alkanes of at least 4 members (excludes halogenated alkanes) is 13. The molecule has 0 radical (unpaired) electrons. The van der Waals surface area contributed by atoms with Gasteiger partial charge in [-0.05, 0) is 12.5 Å². The van der Waals surface area contributed by atoms with E-state index in [1.165, 1.54) is 89.9 Å². The minimum atomic E-state index is -0.0794. The normalized spacial score (nSPS) is 13.1. The molecule has 0 bridgehead atoms. The summed E-state index contributed by atoms with van der Waals surface area (Å²) in [5.74, 6) is 0.708. The number of hydrogen-bond donors (Lipinski definition) is 1. The number of nitrogens with one attached hydrogen (secondary N) is 1. The Bertz CT molecular complexity index is 594. The first-order chi connectivity index (χ1) is 13.3. The van der Waals surface area contributed by atoms with Gasteiger partial charge in [-0.1, -0.05) is 90.4 Å². The molecule has 0 amide bonds. The standard InChI is InChI=1S/C23H39N3O/c1-2-3-4-5-6-7-8-9-10-11-12-13-14-15-19-26-20-18-24-23-21(26)16-17-22(27)25-23/h16-18H,2-15,19-20H2,1H3,(H,25,27). The van der Waals surface area contributed by atoms with Gasteiger partial charge in [-0.2, -0.15) is 0 Å². The van der Waals surface area contributed by atoms with Crippen molar-refractivity contribution in [2.75, 3.05) is 18.0 Å². The highest BCUT2D eigenvalue weighted by Gasteiger charge is 2.14. The Morgan fingerprint density at radius 1 is 0.852 bits per heavy atom. The molecule has 2 heterocycles. The van der Waals surface area contributed by atoms with Crippen LogP contribution >= 0.6 is 0 Å². The third-order valence-electron chi connectivity index (χ3n) is 5.52. The largest absolute Gasteiger partial charge is 0.363 e. The van der Waals surface area contributed by atoms with Crippen LogP contribution in [0.3, 0.4) is 0 Å². The Morgan fingerprint density at radius 3 is 2.00 bits per heavy atom. The number of anilines is 1. The van der Waals surface area contributed by atoms with Crippen LogP contribution in [-0.2, 0) is 0 Å². The fourth-order valence-electron chi connectivity index (χ4n) is 3.85. The molecule has 4 nitrogen and oxygen atoms in total. The summed E-state index contributed by atoms with van der Waals surface area (Å²) >= 11 is 0. The summed E-state index contributed by atoms with van der Waals surface area (Å²) in [6.45, 7) is 4.17. The molecule has 0 fully saturated rings. The SMILES string of the molecule is CCCCCCCCCCCCCCCCN1CC=Nc2[nH]c(=O)ccc21. The van der Waals surface area contributed by atoms with Crippen LogP contribution in [0.2, 0.25) is 0 Å². The zero-order chi connectivity index (χ0) is 19.2. The molecule has 1 aliphatic heterocycles. The van der Waals surface area contributed by atoms with Crippen molar-refractivity contribution in [1.82, 2.24) is 4.98 Å². The molecule has 152 valence electrons. The Hall–Kier alpha value is -1.58. The molecule has 27 heavy (non-hydrogen) atoms. The van der Waals surface area contributed by atoms with Crippen molar-refractivity contribution in [3.8, 4) is 0 Å². The molecular weight excluding hydrogens is 334 g/mol. The number of nitrogens with zero attached hydrogens (tertiary/aromatic N) is 2. The second-order valence-corrected chi connectivity index (χ2v) is 7.91. The van der Waals surface area contributed by atoms with Crippen molar-refractivity contribution >= 4 is 17.7 Å². The van der Waals surface area contributed by atoms with Gasteiger partial charge in [0, 0.05) is 18.8 Å². The molecule has 0 aliphatic carbocycles. The molecule has 0 spiro atoms. The molecule has 1 aliphatic rings. The lowest BCUT2D eigenvalue weighted by Crippen LogP contribution is -2.29. The van der Waals surface area contributed by atoms with Crippen LogP contribution in [0.4, 0.5) is 11.5 Å². The van der Waals surface area contributed by atoms with Crippen molar-refractivity contribution in [2.24, 2.45) is 4.99 Å². The van der Waals surface area contributed by atoms with Crippen LogP contribution in [-0.4, -0.2) is 24.3 Å². The van der Waals surface area contributed by atoms with Crippen LogP contribution in [0, 0.1) is 0 Å². The predicted octanol–water partition coefficient (Wildman–Crippen LogP) is 6.38. The third kappa shape index (κ3) is 8.77. The molecule has 0 atom stereocenters. The van der Waals surface area contributed by atoms with E-state index < -0.39 is 0 Å². The molecule has 0 saturated heterocycles. The second kappa shape index (κ2) is 13.6. The van der Waals surface area contributed by atoms with Gasteiger partial charge in [-0.25, -0.2) is 4.99 Å². The van der Waals surface area contributed by atoms with E-state index in [4.69, 9.17) is 0 Å². The smallest absolute Gasteiger partial charge is 0.249 e. The lowest BCUT2D eigenvalue weighted by Gasteiger charge is -2.26. The zero-order valence-electron chi connectivity index (χ0n) is 17.3. The average Bonchev–Trinajstić information content (AvgIpc) is 2.68. The quantitative estimate of drug-likeness (QED) is 0.363. The second-order valence-electron chi connectivity index (χ2n) is 7.91. The molecule has 4 heteroatoms. The van der Waals surface area contributed by atoms with Crippen molar-refractivity contribution in [2.45, 2.75) is 96.8 Å². The van der Waals surface area contributed by atoms with Gasteiger partial charge in [0.25, 0.3) is 0 Å². The fourth-order valence-corrected chi connectivity index (χ4v) is 3.85. The van der Waals surface area contributed by atoms with E-state index in [2.05, 4.69) is 21.8 Å². The first kappa shape index (κ1) is 21.7. The van der Waals surface area contributed by atoms with Crippen molar-refractivity contribution in [3.63, 3.8) is 0 Å². The number of rotatable bonds is 15. The minimum Gasteiger partial charge on any atom is -0.363 e. The molecular formula is C23H39N3O. The van der Waals surface area contributed by atoms with Gasteiger partial charge in [0.15, 0.2) is 5.82 Å². The molecule has 0 unspecified atom stereocenters. The summed E-state index contributed by atoms with van der Waals surface area (Å²) in [7, 11) is 0. The molecule has 2 rings (SSSR count). The number of aromatic nitrogens is 1. The topological polar surface area (TPSA) is 48.5 Å². The van der Waals surface area contributed by atoms with Crippen molar-refractivity contribution < 1.29 is 0 Å². The van der Waals surface area contributed by atoms with Gasteiger partial charge in [-0.3, -0.25) is 4.79 Å².